The topological polar surface area (TPSA) is 60.5 Å². The number of hydrogen-bond donors (Lipinski definition) is 1. The van der Waals surface area contributed by atoms with Crippen LogP contribution in [0.2, 0.25) is 0 Å². The second-order valence-corrected chi connectivity index (χ2v) is 6.36. The quantitative estimate of drug-likeness (QED) is 0.683. The van der Waals surface area contributed by atoms with Crippen LogP contribution in [0.4, 0.5) is 8.78 Å². The second kappa shape index (κ2) is 8.21. The number of amides is 1. The van der Waals surface area contributed by atoms with Crippen LogP contribution in [0.1, 0.15) is 27.2 Å². The van der Waals surface area contributed by atoms with Crippen LogP contribution in [0, 0.1) is 13.8 Å². The molecule has 7 heteroatoms. The molecule has 1 N–H and O–H groups in total. The molecule has 0 fully saturated rings. The minimum Gasteiger partial charge on any atom is -0.493 e. The number of carbonyl (C=O) groups excluding carboxylic acids is 1. The van der Waals surface area contributed by atoms with Crippen LogP contribution in [0.15, 0.2) is 42.5 Å². The van der Waals surface area contributed by atoms with Crippen molar-refractivity contribution in [1.29, 1.82) is 0 Å². The van der Waals surface area contributed by atoms with Gasteiger partial charge in [0, 0.05) is 11.9 Å². The van der Waals surface area contributed by atoms with Crippen LogP contribution in [0.5, 0.6) is 11.5 Å². The summed E-state index contributed by atoms with van der Waals surface area (Å²) < 4.78 is 34.6. The maximum Gasteiger partial charge on any atom is 0.387 e. The number of nitrogens with one attached hydrogen (secondary N) is 1. The first kappa shape index (κ1) is 19.5. The maximum atomic E-state index is 12.6. The van der Waals surface area contributed by atoms with Crippen molar-refractivity contribution in [3.63, 3.8) is 0 Å². The summed E-state index contributed by atoms with van der Waals surface area (Å²) in [7, 11) is 1.37. The van der Waals surface area contributed by atoms with Crippen molar-refractivity contribution in [2.45, 2.75) is 27.0 Å². The maximum absolute atomic E-state index is 12.6. The third kappa shape index (κ3) is 4.36. The average molecular weight is 386 g/mol. The van der Waals surface area contributed by atoms with E-state index in [1.165, 1.54) is 19.2 Å². The minimum absolute atomic E-state index is 0.0803. The Bertz CT molecular complexity index is 1020. The summed E-state index contributed by atoms with van der Waals surface area (Å²) in [5.41, 5.74) is 3.59. The first-order valence-corrected chi connectivity index (χ1v) is 8.65. The number of nitrogens with zero attached hydrogens (tertiary/aromatic N) is 1. The number of benzene rings is 2. The molecule has 146 valence electrons. The van der Waals surface area contributed by atoms with Crippen LogP contribution < -0.4 is 14.8 Å². The highest BCUT2D eigenvalue weighted by Gasteiger charge is 2.14. The van der Waals surface area contributed by atoms with E-state index in [4.69, 9.17) is 4.74 Å². The molecule has 0 aliphatic rings. The number of alkyl halides is 2. The van der Waals surface area contributed by atoms with Crippen molar-refractivity contribution in [3.05, 3.63) is 64.8 Å². The number of methoxy groups -OCH3 is 1. The smallest absolute Gasteiger partial charge is 0.387 e. The average Bonchev–Trinajstić information content (AvgIpc) is 2.65. The molecule has 0 saturated heterocycles. The van der Waals surface area contributed by atoms with Crippen LogP contribution in [0.25, 0.3) is 10.9 Å². The molecule has 0 aliphatic heterocycles. The number of pyridine rings is 1. The Morgan fingerprint density at radius 2 is 1.89 bits per heavy atom. The van der Waals surface area contributed by atoms with E-state index in [9.17, 15) is 13.6 Å². The molecular formula is C21H20F2N2O3. The zero-order chi connectivity index (χ0) is 20.3. The largest absolute Gasteiger partial charge is 0.493 e. The van der Waals surface area contributed by atoms with Gasteiger partial charge in [0.05, 0.1) is 23.9 Å². The highest BCUT2D eigenvalue weighted by atomic mass is 19.3. The van der Waals surface area contributed by atoms with Gasteiger partial charge in [0.2, 0.25) is 0 Å². The lowest BCUT2D eigenvalue weighted by molar-refractivity contribution is -0.0512. The number of ether oxygens (including phenoxy) is 2. The number of fused-ring (bicyclic) bond motifs is 1. The monoisotopic (exact) mass is 386 g/mol. The summed E-state index contributed by atoms with van der Waals surface area (Å²) >= 11 is 0. The number of aryl methyl sites for hydroxylation is 2. The summed E-state index contributed by atoms with van der Waals surface area (Å²) in [4.78, 5) is 17.1. The lowest BCUT2D eigenvalue weighted by atomic mass is 10.1. The fourth-order valence-corrected chi connectivity index (χ4v) is 2.92. The molecule has 1 heterocycles. The van der Waals surface area contributed by atoms with E-state index >= 15 is 0 Å². The van der Waals surface area contributed by atoms with Crippen LogP contribution >= 0.6 is 0 Å². The van der Waals surface area contributed by atoms with E-state index in [2.05, 4.69) is 15.0 Å². The SMILES string of the molecule is COc1ccc(CNC(=O)c2cc3cc(C)ccc3nc2C)cc1OC(F)F. The number of halogens is 2. The zero-order valence-electron chi connectivity index (χ0n) is 15.8. The molecule has 0 radical (unpaired) electrons. The number of carbonyl (C=O) groups is 1. The number of aromatic nitrogens is 1. The standard InChI is InChI=1S/C21H20F2N2O3/c1-12-4-6-17-15(8-12)10-16(13(2)25-17)20(26)24-11-14-5-7-18(27-3)19(9-14)28-21(22)23/h4-10,21H,11H2,1-3H3,(H,24,26). The van der Waals surface area contributed by atoms with Gasteiger partial charge >= 0.3 is 6.61 Å². The molecule has 0 spiro atoms. The Morgan fingerprint density at radius 1 is 1.11 bits per heavy atom. The molecule has 0 aliphatic carbocycles. The third-order valence-corrected chi connectivity index (χ3v) is 4.30. The van der Waals surface area contributed by atoms with Crippen molar-refractivity contribution in [3.8, 4) is 11.5 Å². The van der Waals surface area contributed by atoms with Crippen molar-refractivity contribution < 1.29 is 23.0 Å². The highest BCUT2D eigenvalue weighted by Crippen LogP contribution is 2.29. The summed E-state index contributed by atoms with van der Waals surface area (Å²) in [6, 6.07) is 12.3. The fraction of sp³-hybridized carbons (Fsp3) is 0.238. The molecule has 1 amide bonds. The van der Waals surface area contributed by atoms with Gasteiger partial charge in [-0.1, -0.05) is 17.7 Å². The lowest BCUT2D eigenvalue weighted by Gasteiger charge is -2.13. The summed E-state index contributed by atoms with van der Waals surface area (Å²) in [5.74, 6) is -0.177. The van der Waals surface area contributed by atoms with Gasteiger partial charge < -0.3 is 14.8 Å². The van der Waals surface area contributed by atoms with Gasteiger partial charge in [-0.15, -0.1) is 0 Å². The van der Waals surface area contributed by atoms with E-state index in [0.717, 1.165) is 16.5 Å². The third-order valence-electron chi connectivity index (χ3n) is 4.30. The number of hydrogen-bond acceptors (Lipinski definition) is 4. The minimum atomic E-state index is -2.96. The fourth-order valence-electron chi connectivity index (χ4n) is 2.92. The molecule has 0 atom stereocenters. The first-order valence-electron chi connectivity index (χ1n) is 8.65. The Kier molecular flexibility index (Phi) is 5.73. The molecule has 1 aromatic heterocycles. The molecular weight excluding hydrogens is 366 g/mol. The van der Waals surface area contributed by atoms with Gasteiger partial charge in [-0.05, 0) is 49.7 Å². The van der Waals surface area contributed by atoms with Gasteiger partial charge in [0.1, 0.15) is 0 Å². The molecule has 5 nitrogen and oxygen atoms in total. The molecule has 0 saturated carbocycles. The molecule has 0 bridgehead atoms. The van der Waals surface area contributed by atoms with Crippen LogP contribution in [-0.2, 0) is 6.54 Å². The van der Waals surface area contributed by atoms with Crippen molar-refractivity contribution in [2.24, 2.45) is 0 Å². The summed E-state index contributed by atoms with van der Waals surface area (Å²) in [6.45, 7) is 0.930. The zero-order valence-corrected chi connectivity index (χ0v) is 15.8. The van der Waals surface area contributed by atoms with Gasteiger partial charge in [-0.3, -0.25) is 9.78 Å². The Morgan fingerprint density at radius 3 is 2.61 bits per heavy atom. The van der Waals surface area contributed by atoms with Crippen molar-refractivity contribution >= 4 is 16.8 Å². The summed E-state index contributed by atoms with van der Waals surface area (Å²) in [6.07, 6.45) is 0. The predicted octanol–water partition coefficient (Wildman–Crippen LogP) is 4.39. The van der Waals surface area contributed by atoms with E-state index in [1.54, 1.807) is 19.1 Å². The normalized spacial score (nSPS) is 10.9. The van der Waals surface area contributed by atoms with Crippen molar-refractivity contribution in [1.82, 2.24) is 10.3 Å². The predicted molar refractivity (Wildman–Crippen MR) is 102 cm³/mol. The van der Waals surface area contributed by atoms with Crippen LogP contribution in [0.3, 0.4) is 0 Å². The van der Waals surface area contributed by atoms with E-state index in [1.807, 2.05) is 25.1 Å². The molecule has 2 aromatic carbocycles. The number of rotatable bonds is 6. The Balaban J connectivity index is 1.78. The molecule has 3 rings (SSSR count). The van der Waals surface area contributed by atoms with E-state index < -0.39 is 6.61 Å². The summed E-state index contributed by atoms with van der Waals surface area (Å²) in [5, 5.41) is 3.67. The molecule has 3 aromatic rings. The molecule has 0 unspecified atom stereocenters. The Hall–Kier alpha value is -3.22. The van der Waals surface area contributed by atoms with Gasteiger partial charge in [0.25, 0.3) is 5.91 Å². The second-order valence-electron chi connectivity index (χ2n) is 6.36. The van der Waals surface area contributed by atoms with E-state index in [0.29, 0.717) is 16.8 Å². The van der Waals surface area contributed by atoms with E-state index in [-0.39, 0.29) is 24.0 Å². The van der Waals surface area contributed by atoms with Crippen LogP contribution in [-0.4, -0.2) is 24.6 Å². The lowest BCUT2D eigenvalue weighted by Crippen LogP contribution is -2.24. The van der Waals surface area contributed by atoms with Gasteiger partial charge in [0.15, 0.2) is 11.5 Å². The Labute approximate surface area is 161 Å². The molecule has 28 heavy (non-hydrogen) atoms. The van der Waals surface area contributed by atoms with Gasteiger partial charge in [-0.25, -0.2) is 0 Å². The highest BCUT2D eigenvalue weighted by molar-refractivity contribution is 5.98. The van der Waals surface area contributed by atoms with Crippen molar-refractivity contribution in [2.75, 3.05) is 7.11 Å². The first-order chi connectivity index (χ1) is 13.4. The van der Waals surface area contributed by atoms with Gasteiger partial charge in [-0.2, -0.15) is 8.78 Å².